The molecule has 0 aliphatic carbocycles. The van der Waals surface area contributed by atoms with Crippen molar-refractivity contribution >= 4 is 33.2 Å². The molecule has 0 fully saturated rings. The first-order valence-corrected chi connectivity index (χ1v) is 9.21. The molecule has 7 heteroatoms. The van der Waals surface area contributed by atoms with Crippen LogP contribution in [0.2, 0.25) is 5.02 Å². The molecule has 0 saturated carbocycles. The van der Waals surface area contributed by atoms with Crippen LogP contribution in [-0.4, -0.2) is 27.1 Å². The quantitative estimate of drug-likeness (QED) is 0.839. The van der Waals surface area contributed by atoms with Gasteiger partial charge in [0, 0.05) is 22.8 Å². The lowest BCUT2D eigenvalue weighted by molar-refractivity contribution is 0.0954. The van der Waals surface area contributed by atoms with Gasteiger partial charge in [-0.05, 0) is 48.4 Å². The molecule has 0 aliphatic rings. The molecule has 0 radical (unpaired) electrons. The van der Waals surface area contributed by atoms with Crippen molar-refractivity contribution in [1.29, 1.82) is 0 Å². The lowest BCUT2D eigenvalue weighted by atomic mass is 10.1. The molecule has 2 aromatic rings. The lowest BCUT2D eigenvalue weighted by Gasteiger charge is -2.07. The average Bonchev–Trinajstić information content (AvgIpc) is 2.48. The van der Waals surface area contributed by atoms with Crippen LogP contribution in [0.3, 0.4) is 0 Å². The molecule has 0 bridgehead atoms. The van der Waals surface area contributed by atoms with Crippen molar-refractivity contribution in [1.82, 2.24) is 5.32 Å². The van der Waals surface area contributed by atoms with Crippen LogP contribution in [0, 0.1) is 0 Å². The second-order valence-electron chi connectivity index (χ2n) is 5.08. The summed E-state index contributed by atoms with van der Waals surface area (Å²) in [5, 5.41) is 3.50. The predicted molar refractivity (Wildman–Crippen MR) is 92.4 cm³/mol. The summed E-state index contributed by atoms with van der Waals surface area (Å²) in [6, 6.07) is 13.7. The fourth-order valence-electron chi connectivity index (χ4n) is 1.98. The monoisotopic (exact) mass is 352 g/mol. The van der Waals surface area contributed by atoms with Crippen LogP contribution in [0.15, 0.2) is 48.5 Å². The Morgan fingerprint density at radius 1 is 1.04 bits per heavy atom. The summed E-state index contributed by atoms with van der Waals surface area (Å²) in [6.45, 7) is 0.504. The van der Waals surface area contributed by atoms with Gasteiger partial charge in [-0.2, -0.15) is 0 Å². The minimum Gasteiger partial charge on any atom is -0.352 e. The van der Waals surface area contributed by atoms with E-state index in [1.807, 2.05) is 24.3 Å². The topological polar surface area (TPSA) is 75.3 Å². The summed E-state index contributed by atoms with van der Waals surface area (Å²) in [4.78, 5) is 12.0. The first-order valence-electron chi connectivity index (χ1n) is 6.94. The van der Waals surface area contributed by atoms with Crippen molar-refractivity contribution in [2.24, 2.45) is 0 Å². The van der Waals surface area contributed by atoms with Crippen molar-refractivity contribution in [2.75, 3.05) is 17.5 Å². The minimum atomic E-state index is -3.32. The Labute approximate surface area is 140 Å². The van der Waals surface area contributed by atoms with Gasteiger partial charge in [0.05, 0.1) is 6.26 Å². The van der Waals surface area contributed by atoms with Crippen LogP contribution in [0.25, 0.3) is 0 Å². The number of carbonyl (C=O) groups is 1. The van der Waals surface area contributed by atoms with Crippen LogP contribution in [0.1, 0.15) is 15.9 Å². The number of halogens is 1. The largest absolute Gasteiger partial charge is 0.352 e. The number of nitrogens with one attached hydrogen (secondary N) is 2. The number of carbonyl (C=O) groups excluding carboxylic acids is 1. The Morgan fingerprint density at radius 2 is 1.65 bits per heavy atom. The van der Waals surface area contributed by atoms with Crippen molar-refractivity contribution in [3.63, 3.8) is 0 Å². The highest BCUT2D eigenvalue weighted by atomic mass is 35.5. The number of anilines is 1. The van der Waals surface area contributed by atoms with Crippen LogP contribution >= 0.6 is 11.6 Å². The van der Waals surface area contributed by atoms with Gasteiger partial charge in [-0.15, -0.1) is 0 Å². The van der Waals surface area contributed by atoms with E-state index >= 15 is 0 Å². The van der Waals surface area contributed by atoms with Crippen molar-refractivity contribution in [2.45, 2.75) is 6.42 Å². The zero-order chi connectivity index (χ0) is 16.9. The Morgan fingerprint density at radius 3 is 2.22 bits per heavy atom. The molecule has 0 unspecified atom stereocenters. The summed E-state index contributed by atoms with van der Waals surface area (Å²) in [7, 11) is -3.32. The normalized spacial score (nSPS) is 11.0. The third-order valence-electron chi connectivity index (χ3n) is 3.06. The fourth-order valence-corrected chi connectivity index (χ4v) is 2.67. The molecule has 5 nitrogen and oxygen atoms in total. The van der Waals surface area contributed by atoms with Gasteiger partial charge >= 0.3 is 0 Å². The number of rotatable bonds is 6. The minimum absolute atomic E-state index is 0.204. The van der Waals surface area contributed by atoms with E-state index < -0.39 is 10.0 Å². The molecule has 0 aliphatic heterocycles. The number of amides is 1. The van der Waals surface area contributed by atoms with E-state index in [1.165, 1.54) is 0 Å². The van der Waals surface area contributed by atoms with E-state index in [-0.39, 0.29) is 5.91 Å². The fraction of sp³-hybridized carbons (Fsp3) is 0.188. The second kappa shape index (κ2) is 7.48. The summed E-state index contributed by atoms with van der Waals surface area (Å²) in [5.41, 5.74) is 1.98. The number of hydrogen-bond acceptors (Lipinski definition) is 3. The summed E-state index contributed by atoms with van der Waals surface area (Å²) in [5.74, 6) is -0.204. The van der Waals surface area contributed by atoms with E-state index in [4.69, 9.17) is 11.6 Å². The maximum absolute atomic E-state index is 12.0. The van der Waals surface area contributed by atoms with E-state index in [1.54, 1.807) is 24.3 Å². The van der Waals surface area contributed by atoms with E-state index in [0.29, 0.717) is 29.2 Å². The SMILES string of the molecule is CS(=O)(=O)Nc1ccc(C(=O)NCCc2ccc(Cl)cc2)cc1. The molecular formula is C16H17ClN2O3S. The molecule has 0 heterocycles. The third kappa shape index (κ3) is 5.92. The van der Waals surface area contributed by atoms with Gasteiger partial charge < -0.3 is 5.32 Å². The van der Waals surface area contributed by atoms with Crippen LogP contribution in [0.4, 0.5) is 5.69 Å². The second-order valence-corrected chi connectivity index (χ2v) is 7.27. The molecule has 2 rings (SSSR count). The van der Waals surface area contributed by atoms with Gasteiger partial charge in [-0.25, -0.2) is 8.42 Å². The molecule has 0 aromatic heterocycles. The van der Waals surface area contributed by atoms with Crippen LogP contribution in [-0.2, 0) is 16.4 Å². The number of benzene rings is 2. The van der Waals surface area contributed by atoms with Gasteiger partial charge in [0.25, 0.3) is 5.91 Å². The highest BCUT2D eigenvalue weighted by Gasteiger charge is 2.06. The Bertz CT molecular complexity index is 772. The first kappa shape index (κ1) is 17.3. The summed E-state index contributed by atoms with van der Waals surface area (Å²) in [6.07, 6.45) is 1.78. The Hall–Kier alpha value is -2.05. The number of hydrogen-bond donors (Lipinski definition) is 2. The molecule has 0 saturated heterocycles. The first-order chi connectivity index (χ1) is 10.8. The highest BCUT2D eigenvalue weighted by Crippen LogP contribution is 2.11. The molecule has 23 heavy (non-hydrogen) atoms. The molecule has 1 amide bonds. The molecular weight excluding hydrogens is 336 g/mol. The van der Waals surface area contributed by atoms with Gasteiger partial charge in [-0.3, -0.25) is 9.52 Å². The molecule has 2 N–H and O–H groups in total. The van der Waals surface area contributed by atoms with Crippen LogP contribution in [0.5, 0.6) is 0 Å². The third-order valence-corrected chi connectivity index (χ3v) is 3.92. The lowest BCUT2D eigenvalue weighted by Crippen LogP contribution is -2.25. The maximum atomic E-state index is 12.0. The highest BCUT2D eigenvalue weighted by molar-refractivity contribution is 7.92. The van der Waals surface area contributed by atoms with E-state index in [9.17, 15) is 13.2 Å². The van der Waals surface area contributed by atoms with Gasteiger partial charge in [0.2, 0.25) is 10.0 Å². The predicted octanol–water partition coefficient (Wildman–Crippen LogP) is 2.68. The van der Waals surface area contributed by atoms with Crippen molar-refractivity contribution < 1.29 is 13.2 Å². The summed E-state index contributed by atoms with van der Waals surface area (Å²) >= 11 is 5.82. The smallest absolute Gasteiger partial charge is 0.251 e. The standard InChI is InChI=1S/C16H17ClN2O3S/c1-23(21,22)19-15-8-4-13(5-9-15)16(20)18-11-10-12-2-6-14(17)7-3-12/h2-9,19H,10-11H2,1H3,(H,18,20). The Kier molecular flexibility index (Phi) is 5.63. The van der Waals surface area contributed by atoms with Gasteiger partial charge in [-0.1, -0.05) is 23.7 Å². The maximum Gasteiger partial charge on any atom is 0.251 e. The molecule has 0 spiro atoms. The Balaban J connectivity index is 1.87. The molecule has 2 aromatic carbocycles. The van der Waals surface area contributed by atoms with Crippen molar-refractivity contribution in [3.8, 4) is 0 Å². The van der Waals surface area contributed by atoms with Gasteiger partial charge in [0.1, 0.15) is 0 Å². The molecule has 122 valence electrons. The van der Waals surface area contributed by atoms with E-state index in [2.05, 4.69) is 10.0 Å². The summed E-state index contributed by atoms with van der Waals surface area (Å²) < 4.78 is 24.6. The van der Waals surface area contributed by atoms with Crippen molar-refractivity contribution in [3.05, 3.63) is 64.7 Å². The molecule has 0 atom stereocenters. The van der Waals surface area contributed by atoms with Crippen LogP contribution < -0.4 is 10.0 Å². The van der Waals surface area contributed by atoms with E-state index in [0.717, 1.165) is 11.8 Å². The average molecular weight is 353 g/mol. The van der Waals surface area contributed by atoms with Gasteiger partial charge in [0.15, 0.2) is 0 Å². The zero-order valence-electron chi connectivity index (χ0n) is 12.5. The zero-order valence-corrected chi connectivity index (χ0v) is 14.1. The number of sulfonamides is 1.